The average Bonchev–Trinajstić information content (AvgIpc) is 3.32. The highest BCUT2D eigenvalue weighted by atomic mass is 19.4. The first-order chi connectivity index (χ1) is 15.9. The van der Waals surface area contributed by atoms with Crippen LogP contribution in [0.25, 0.3) is 0 Å². The number of aromatic nitrogens is 2. The fraction of sp³-hybridized carbons (Fsp3) is 0.630. The van der Waals surface area contributed by atoms with Crippen molar-refractivity contribution in [3.05, 3.63) is 53.3 Å². The Morgan fingerprint density at radius 1 is 1.09 bits per heavy atom. The van der Waals surface area contributed by atoms with Gasteiger partial charge < -0.3 is 5.32 Å². The second-order valence-corrected chi connectivity index (χ2v) is 12.6. The number of hydrogen-bond donors (Lipinski definition) is 2. The minimum absolute atomic E-state index is 0.0305. The number of carbonyl (C=O) groups is 1. The Morgan fingerprint density at radius 3 is 2.29 bits per heavy atom. The molecular formula is C27H39F3N4O. The largest absolute Gasteiger partial charge is 0.416 e. The molecule has 0 saturated carbocycles. The molecule has 1 aromatic heterocycles. The molecule has 0 radical (unpaired) electrons. The molecule has 1 aliphatic rings. The van der Waals surface area contributed by atoms with Crippen LogP contribution in [0.4, 0.5) is 13.2 Å². The van der Waals surface area contributed by atoms with Gasteiger partial charge in [-0.25, -0.2) is 0 Å². The molecule has 3 atom stereocenters. The molecule has 35 heavy (non-hydrogen) atoms. The van der Waals surface area contributed by atoms with Crippen molar-refractivity contribution in [1.82, 2.24) is 20.4 Å². The number of nitrogens with one attached hydrogen (secondary N) is 2. The van der Waals surface area contributed by atoms with Crippen molar-refractivity contribution < 1.29 is 18.0 Å². The smallest absolute Gasteiger partial charge is 0.350 e. The van der Waals surface area contributed by atoms with Crippen LogP contribution >= 0.6 is 0 Å². The van der Waals surface area contributed by atoms with E-state index in [1.165, 1.54) is 12.1 Å². The number of carbonyl (C=O) groups excluding carboxylic acids is 1. The number of alkyl halides is 3. The third-order valence-electron chi connectivity index (χ3n) is 6.27. The first kappa shape index (κ1) is 27.2. The molecule has 0 bridgehead atoms. The molecule has 194 valence electrons. The number of nitrogens with zero attached hydrogens (tertiary/aromatic N) is 2. The highest BCUT2D eigenvalue weighted by Gasteiger charge is 2.42. The summed E-state index contributed by atoms with van der Waals surface area (Å²) in [5.41, 5.74) is -0.0605. The van der Waals surface area contributed by atoms with Gasteiger partial charge in [0.2, 0.25) is 5.91 Å². The van der Waals surface area contributed by atoms with E-state index in [-0.39, 0.29) is 22.8 Å². The summed E-state index contributed by atoms with van der Waals surface area (Å²) in [6.45, 7) is 16.5. The Bertz CT molecular complexity index is 1040. The highest BCUT2D eigenvalue weighted by molar-refractivity contribution is 5.83. The van der Waals surface area contributed by atoms with E-state index in [4.69, 9.17) is 5.10 Å². The van der Waals surface area contributed by atoms with Crippen molar-refractivity contribution in [2.75, 3.05) is 0 Å². The lowest BCUT2D eigenvalue weighted by Crippen LogP contribution is -2.51. The molecule has 1 fully saturated rings. The molecule has 0 spiro atoms. The minimum Gasteiger partial charge on any atom is -0.350 e. The molecule has 2 aromatic rings. The summed E-state index contributed by atoms with van der Waals surface area (Å²) in [4.78, 5) is 13.3. The third-order valence-corrected chi connectivity index (χ3v) is 6.27. The van der Waals surface area contributed by atoms with Gasteiger partial charge in [-0.1, -0.05) is 32.9 Å². The van der Waals surface area contributed by atoms with E-state index in [2.05, 4.69) is 31.4 Å². The van der Waals surface area contributed by atoms with Crippen molar-refractivity contribution in [2.24, 2.45) is 5.41 Å². The summed E-state index contributed by atoms with van der Waals surface area (Å²) in [6, 6.07) is 6.24. The van der Waals surface area contributed by atoms with E-state index < -0.39 is 29.4 Å². The van der Waals surface area contributed by atoms with Crippen LogP contribution < -0.4 is 10.6 Å². The van der Waals surface area contributed by atoms with Gasteiger partial charge in [-0.2, -0.15) is 18.3 Å². The Labute approximate surface area is 206 Å². The lowest BCUT2D eigenvalue weighted by Gasteiger charge is -2.34. The molecule has 0 aliphatic carbocycles. The summed E-state index contributed by atoms with van der Waals surface area (Å²) < 4.78 is 42.2. The van der Waals surface area contributed by atoms with Crippen LogP contribution in [0.5, 0.6) is 0 Å². The predicted octanol–water partition coefficient (Wildman–Crippen LogP) is 6.17. The van der Waals surface area contributed by atoms with Gasteiger partial charge in [-0.15, -0.1) is 0 Å². The van der Waals surface area contributed by atoms with Crippen LogP contribution in [0.3, 0.4) is 0 Å². The molecule has 3 rings (SSSR count). The van der Waals surface area contributed by atoms with Crippen LogP contribution in [0, 0.1) is 5.41 Å². The van der Waals surface area contributed by atoms with Crippen LogP contribution in [0.1, 0.15) is 97.0 Å². The molecule has 1 saturated heterocycles. The maximum Gasteiger partial charge on any atom is 0.416 e. The SMILES string of the molecule is CC(C)(C)CC(C)(C)NC(=O)[C@@H]1C[C@H](c2ccn(C(C)(C)C)n2)[C@H](c2cccc(C(F)(F)F)c2)N1. The first-order valence-corrected chi connectivity index (χ1v) is 12.2. The molecule has 5 nitrogen and oxygen atoms in total. The quantitative estimate of drug-likeness (QED) is 0.524. The standard InChI is InChI=1S/C27H39F3N4O/c1-24(2,3)16-26(7,8)32-23(35)21-15-19(20-12-13-34(33-20)25(4,5)6)22(31-21)17-10-9-11-18(14-17)27(28,29)30/h9-14,19,21-22,31H,15-16H2,1-8H3,(H,32,35)/t19-,21+,22+/m1/s1. The van der Waals surface area contributed by atoms with Crippen LogP contribution in [0.15, 0.2) is 36.5 Å². The molecule has 0 unspecified atom stereocenters. The second-order valence-electron chi connectivity index (χ2n) is 12.6. The van der Waals surface area contributed by atoms with Crippen LogP contribution in [-0.4, -0.2) is 27.3 Å². The van der Waals surface area contributed by atoms with Crippen molar-refractivity contribution in [3.8, 4) is 0 Å². The topological polar surface area (TPSA) is 59.0 Å². The molecule has 8 heteroatoms. The maximum absolute atomic E-state index is 13.4. The van der Waals surface area contributed by atoms with E-state index >= 15 is 0 Å². The zero-order valence-corrected chi connectivity index (χ0v) is 22.0. The Kier molecular flexibility index (Phi) is 7.21. The van der Waals surface area contributed by atoms with Gasteiger partial charge in [0.15, 0.2) is 0 Å². The Morgan fingerprint density at radius 2 is 1.74 bits per heavy atom. The highest BCUT2D eigenvalue weighted by Crippen LogP contribution is 2.42. The summed E-state index contributed by atoms with van der Waals surface area (Å²) >= 11 is 0. The monoisotopic (exact) mass is 492 g/mol. The molecule has 1 amide bonds. The normalized spacial score (nSPS) is 21.9. The van der Waals surface area contributed by atoms with Gasteiger partial charge in [-0.05, 0) is 76.6 Å². The lowest BCUT2D eigenvalue weighted by molar-refractivity contribution is -0.137. The van der Waals surface area contributed by atoms with E-state index in [0.29, 0.717) is 12.0 Å². The molecule has 1 aliphatic heterocycles. The second kappa shape index (κ2) is 9.26. The van der Waals surface area contributed by atoms with E-state index in [1.807, 2.05) is 51.6 Å². The van der Waals surface area contributed by atoms with Crippen molar-refractivity contribution >= 4 is 5.91 Å². The third kappa shape index (κ3) is 6.87. The Balaban J connectivity index is 1.93. The summed E-state index contributed by atoms with van der Waals surface area (Å²) in [7, 11) is 0. The number of benzene rings is 1. The van der Waals surface area contributed by atoms with E-state index in [0.717, 1.165) is 18.2 Å². The molecule has 1 aromatic carbocycles. The van der Waals surface area contributed by atoms with Gasteiger partial charge in [0.05, 0.1) is 22.8 Å². The van der Waals surface area contributed by atoms with Gasteiger partial charge in [0.25, 0.3) is 0 Å². The van der Waals surface area contributed by atoms with Crippen LogP contribution in [-0.2, 0) is 16.5 Å². The number of halogens is 3. The molecule has 2 N–H and O–H groups in total. The summed E-state index contributed by atoms with van der Waals surface area (Å²) in [5.74, 6) is -0.391. The summed E-state index contributed by atoms with van der Waals surface area (Å²) in [6.07, 6.45) is -1.32. The average molecular weight is 493 g/mol. The van der Waals surface area contributed by atoms with Gasteiger partial charge >= 0.3 is 6.18 Å². The van der Waals surface area contributed by atoms with Crippen molar-refractivity contribution in [3.63, 3.8) is 0 Å². The van der Waals surface area contributed by atoms with Crippen molar-refractivity contribution in [1.29, 1.82) is 0 Å². The predicted molar refractivity (Wildman–Crippen MR) is 132 cm³/mol. The van der Waals surface area contributed by atoms with Crippen molar-refractivity contribution in [2.45, 2.75) is 103 Å². The fourth-order valence-corrected chi connectivity index (χ4v) is 5.20. The summed E-state index contributed by atoms with van der Waals surface area (Å²) in [5, 5.41) is 11.2. The first-order valence-electron chi connectivity index (χ1n) is 12.2. The molecular weight excluding hydrogens is 453 g/mol. The Hall–Kier alpha value is -2.35. The van der Waals surface area contributed by atoms with Crippen LogP contribution in [0.2, 0.25) is 0 Å². The zero-order chi connectivity index (χ0) is 26.4. The number of rotatable bonds is 5. The van der Waals surface area contributed by atoms with Gasteiger partial charge in [0.1, 0.15) is 0 Å². The zero-order valence-electron chi connectivity index (χ0n) is 22.0. The van der Waals surface area contributed by atoms with Gasteiger partial charge in [0, 0.05) is 23.7 Å². The van der Waals surface area contributed by atoms with Gasteiger partial charge in [-0.3, -0.25) is 14.8 Å². The van der Waals surface area contributed by atoms with E-state index in [1.54, 1.807) is 6.07 Å². The number of amides is 1. The van der Waals surface area contributed by atoms with E-state index in [9.17, 15) is 18.0 Å². The molecule has 2 heterocycles. The minimum atomic E-state index is -4.44. The number of hydrogen-bond acceptors (Lipinski definition) is 3. The fourth-order valence-electron chi connectivity index (χ4n) is 5.20. The maximum atomic E-state index is 13.4. The lowest BCUT2D eigenvalue weighted by atomic mass is 9.81.